The van der Waals surface area contributed by atoms with Gasteiger partial charge in [0.15, 0.2) is 0 Å². The highest BCUT2D eigenvalue weighted by atomic mass is 16.2. The first-order chi connectivity index (χ1) is 13.1. The standard InChI is InChI=1S/C22H21N3O2/c1-25(14-15-5-4-10-23-13-15)22(27)19-11-17-6-2-3-7-18(17)12-20(19)24-21(26)16-8-9-16/h2-7,10-13,16H,8-9,14H2,1H3,(H,24,26). The van der Waals surface area contributed by atoms with Crippen molar-refractivity contribution in [3.8, 4) is 0 Å². The SMILES string of the molecule is CN(Cc1cccnc1)C(=O)c1cc2ccccc2cc1NC(=O)C1CC1. The number of amides is 2. The van der Waals surface area contributed by atoms with E-state index in [9.17, 15) is 9.59 Å². The first-order valence-corrected chi connectivity index (χ1v) is 9.10. The number of carbonyl (C=O) groups is 2. The van der Waals surface area contributed by atoms with Crippen molar-refractivity contribution in [3.63, 3.8) is 0 Å². The number of anilines is 1. The minimum absolute atomic E-state index is 0.00533. The van der Waals surface area contributed by atoms with Crippen LogP contribution in [-0.4, -0.2) is 28.7 Å². The third-order valence-corrected chi connectivity index (χ3v) is 4.81. The third kappa shape index (κ3) is 3.82. The van der Waals surface area contributed by atoms with Crippen molar-refractivity contribution < 1.29 is 9.59 Å². The molecule has 0 atom stereocenters. The summed E-state index contributed by atoms with van der Waals surface area (Å²) in [6.45, 7) is 0.454. The number of carbonyl (C=O) groups excluding carboxylic acids is 2. The maximum absolute atomic E-state index is 13.1. The Balaban J connectivity index is 1.67. The molecule has 0 bridgehead atoms. The molecule has 1 N–H and O–H groups in total. The molecule has 1 saturated carbocycles. The molecule has 0 spiro atoms. The highest BCUT2D eigenvalue weighted by Crippen LogP contribution is 2.32. The largest absolute Gasteiger partial charge is 0.337 e. The molecule has 1 heterocycles. The van der Waals surface area contributed by atoms with Gasteiger partial charge >= 0.3 is 0 Å². The molecule has 0 unspecified atom stereocenters. The number of rotatable bonds is 5. The molecule has 2 amide bonds. The van der Waals surface area contributed by atoms with Crippen LogP contribution in [0.3, 0.4) is 0 Å². The summed E-state index contributed by atoms with van der Waals surface area (Å²) < 4.78 is 0. The van der Waals surface area contributed by atoms with Crippen LogP contribution >= 0.6 is 0 Å². The fourth-order valence-corrected chi connectivity index (χ4v) is 3.14. The van der Waals surface area contributed by atoms with Crippen molar-refractivity contribution in [1.82, 2.24) is 9.88 Å². The quantitative estimate of drug-likeness (QED) is 0.752. The van der Waals surface area contributed by atoms with E-state index in [0.29, 0.717) is 17.8 Å². The van der Waals surface area contributed by atoms with Crippen LogP contribution in [0.5, 0.6) is 0 Å². The summed E-state index contributed by atoms with van der Waals surface area (Å²) in [5.41, 5.74) is 2.04. The maximum Gasteiger partial charge on any atom is 0.256 e. The molecule has 5 nitrogen and oxygen atoms in total. The van der Waals surface area contributed by atoms with E-state index < -0.39 is 0 Å². The topological polar surface area (TPSA) is 62.3 Å². The molecule has 5 heteroatoms. The van der Waals surface area contributed by atoms with E-state index in [1.165, 1.54) is 0 Å². The van der Waals surface area contributed by atoms with E-state index in [2.05, 4.69) is 10.3 Å². The summed E-state index contributed by atoms with van der Waals surface area (Å²) in [6, 6.07) is 15.4. The second-order valence-electron chi connectivity index (χ2n) is 7.03. The summed E-state index contributed by atoms with van der Waals surface area (Å²) in [5.74, 6) is -0.0579. The molecule has 2 aromatic carbocycles. The molecular formula is C22H21N3O2. The lowest BCUT2D eigenvalue weighted by atomic mass is 10.0. The second kappa shape index (κ2) is 7.19. The lowest BCUT2D eigenvalue weighted by molar-refractivity contribution is -0.117. The molecule has 0 radical (unpaired) electrons. The Kier molecular flexibility index (Phi) is 4.59. The van der Waals surface area contributed by atoms with Crippen molar-refractivity contribution in [2.24, 2.45) is 5.92 Å². The van der Waals surface area contributed by atoms with Gasteiger partial charge in [0, 0.05) is 31.9 Å². The molecule has 4 rings (SSSR count). The van der Waals surface area contributed by atoms with Crippen LogP contribution in [0.15, 0.2) is 60.9 Å². The van der Waals surface area contributed by atoms with Crippen LogP contribution in [0.2, 0.25) is 0 Å². The van der Waals surface area contributed by atoms with E-state index in [4.69, 9.17) is 0 Å². The summed E-state index contributed by atoms with van der Waals surface area (Å²) >= 11 is 0. The predicted molar refractivity (Wildman–Crippen MR) is 105 cm³/mol. The lowest BCUT2D eigenvalue weighted by Gasteiger charge is -2.20. The van der Waals surface area contributed by atoms with Crippen LogP contribution < -0.4 is 5.32 Å². The number of aromatic nitrogens is 1. The summed E-state index contributed by atoms with van der Waals surface area (Å²) in [6.07, 6.45) is 5.30. The van der Waals surface area contributed by atoms with Crippen molar-refractivity contribution in [1.29, 1.82) is 0 Å². The Morgan fingerprint density at radius 1 is 1.11 bits per heavy atom. The van der Waals surface area contributed by atoms with Gasteiger partial charge in [0.05, 0.1) is 11.3 Å². The highest BCUT2D eigenvalue weighted by Gasteiger charge is 2.30. The minimum Gasteiger partial charge on any atom is -0.337 e. The molecule has 136 valence electrons. The van der Waals surface area contributed by atoms with Gasteiger partial charge in [0.1, 0.15) is 0 Å². The number of benzene rings is 2. The van der Waals surface area contributed by atoms with Gasteiger partial charge in [-0.3, -0.25) is 14.6 Å². The van der Waals surface area contributed by atoms with Crippen LogP contribution in [0.1, 0.15) is 28.8 Å². The zero-order valence-electron chi connectivity index (χ0n) is 15.2. The Morgan fingerprint density at radius 2 is 1.85 bits per heavy atom. The smallest absolute Gasteiger partial charge is 0.256 e. The highest BCUT2D eigenvalue weighted by molar-refractivity contribution is 6.08. The molecule has 1 fully saturated rings. The van der Waals surface area contributed by atoms with Crippen molar-refractivity contribution >= 4 is 28.3 Å². The van der Waals surface area contributed by atoms with Gasteiger partial charge in [-0.05, 0) is 47.4 Å². The normalized spacial score (nSPS) is 13.4. The summed E-state index contributed by atoms with van der Waals surface area (Å²) in [4.78, 5) is 31.2. The Bertz CT molecular complexity index is 997. The molecular weight excluding hydrogens is 338 g/mol. The monoisotopic (exact) mass is 359 g/mol. The Labute approximate surface area is 158 Å². The fourth-order valence-electron chi connectivity index (χ4n) is 3.14. The molecule has 1 aromatic heterocycles. The number of pyridine rings is 1. The van der Waals surface area contributed by atoms with Gasteiger partial charge in [0.2, 0.25) is 5.91 Å². The van der Waals surface area contributed by atoms with Gasteiger partial charge in [-0.25, -0.2) is 0 Å². The number of hydrogen-bond donors (Lipinski definition) is 1. The maximum atomic E-state index is 13.1. The van der Waals surface area contributed by atoms with E-state index in [-0.39, 0.29) is 17.7 Å². The first kappa shape index (κ1) is 17.2. The molecule has 1 aliphatic rings. The number of nitrogens with one attached hydrogen (secondary N) is 1. The molecule has 1 aliphatic carbocycles. The van der Waals surface area contributed by atoms with Gasteiger partial charge in [-0.15, -0.1) is 0 Å². The Morgan fingerprint density at radius 3 is 2.52 bits per heavy atom. The van der Waals surface area contributed by atoms with Gasteiger partial charge in [-0.2, -0.15) is 0 Å². The van der Waals surface area contributed by atoms with Crippen LogP contribution in [-0.2, 0) is 11.3 Å². The number of fused-ring (bicyclic) bond motifs is 1. The second-order valence-corrected chi connectivity index (χ2v) is 7.03. The van der Waals surface area contributed by atoms with Gasteiger partial charge in [-0.1, -0.05) is 30.3 Å². The van der Waals surface area contributed by atoms with Crippen molar-refractivity contribution in [2.75, 3.05) is 12.4 Å². The summed E-state index contributed by atoms with van der Waals surface area (Å²) in [5, 5.41) is 4.93. The molecule has 0 saturated heterocycles. The van der Waals surface area contributed by atoms with Crippen LogP contribution in [0, 0.1) is 5.92 Å². The third-order valence-electron chi connectivity index (χ3n) is 4.81. The minimum atomic E-state index is -0.129. The molecule has 3 aromatic rings. The van der Waals surface area contributed by atoms with Crippen molar-refractivity contribution in [2.45, 2.75) is 19.4 Å². The van der Waals surface area contributed by atoms with Gasteiger partial charge < -0.3 is 10.2 Å². The number of hydrogen-bond acceptors (Lipinski definition) is 3. The first-order valence-electron chi connectivity index (χ1n) is 9.10. The lowest BCUT2D eigenvalue weighted by Crippen LogP contribution is -2.28. The van der Waals surface area contributed by atoms with Crippen molar-refractivity contribution in [3.05, 3.63) is 72.1 Å². The average molecular weight is 359 g/mol. The van der Waals surface area contributed by atoms with E-state index >= 15 is 0 Å². The van der Waals surface area contributed by atoms with E-state index in [1.807, 2.05) is 48.5 Å². The van der Waals surface area contributed by atoms with E-state index in [1.54, 1.807) is 24.3 Å². The van der Waals surface area contributed by atoms with Crippen LogP contribution in [0.4, 0.5) is 5.69 Å². The predicted octanol–water partition coefficient (Wildman–Crippen LogP) is 3.86. The van der Waals surface area contributed by atoms with E-state index in [0.717, 1.165) is 29.2 Å². The zero-order chi connectivity index (χ0) is 18.8. The molecule has 0 aliphatic heterocycles. The fraction of sp³-hybridized carbons (Fsp3) is 0.227. The zero-order valence-corrected chi connectivity index (χ0v) is 15.2. The van der Waals surface area contributed by atoms with Crippen LogP contribution in [0.25, 0.3) is 10.8 Å². The molecule has 27 heavy (non-hydrogen) atoms. The number of nitrogens with zero attached hydrogens (tertiary/aromatic N) is 2. The summed E-state index contributed by atoms with van der Waals surface area (Å²) in [7, 11) is 1.76. The van der Waals surface area contributed by atoms with Gasteiger partial charge in [0.25, 0.3) is 5.91 Å². The average Bonchev–Trinajstić information content (AvgIpc) is 3.53. The Hall–Kier alpha value is -3.21.